The van der Waals surface area contributed by atoms with E-state index < -0.39 is 18.2 Å². The number of hydrogen-bond acceptors (Lipinski definition) is 4. The van der Waals surface area contributed by atoms with Crippen LogP contribution >= 0.6 is 0 Å². The van der Waals surface area contributed by atoms with Crippen LogP contribution in [-0.4, -0.2) is 46.1 Å². The molecule has 0 spiro atoms. The molecular weight excluding hydrogens is 522 g/mol. The van der Waals surface area contributed by atoms with Crippen LogP contribution in [0, 0.1) is 0 Å². The van der Waals surface area contributed by atoms with E-state index in [0.717, 1.165) is 25.7 Å². The summed E-state index contributed by atoms with van der Waals surface area (Å²) >= 11 is 0. The van der Waals surface area contributed by atoms with Gasteiger partial charge < -0.3 is 20.6 Å². The number of allylic oxidation sites excluding steroid dienone is 3. The van der Waals surface area contributed by atoms with Gasteiger partial charge in [-0.3, -0.25) is 4.79 Å². The number of carbonyl (C=O) groups is 1. The molecule has 42 heavy (non-hydrogen) atoms. The number of rotatable bonds is 32. The molecule has 3 unspecified atom stereocenters. The third kappa shape index (κ3) is 28.9. The Kier molecular flexibility index (Phi) is 31.8. The number of hydrogen-bond donors (Lipinski definition) is 4. The first-order valence-electron chi connectivity index (χ1n) is 18.1. The fraction of sp³-hybridized carbons (Fsp3) is 0.865. The van der Waals surface area contributed by atoms with Crippen molar-refractivity contribution >= 4 is 5.91 Å². The van der Waals surface area contributed by atoms with E-state index in [1.165, 1.54) is 128 Å². The first kappa shape index (κ1) is 40.8. The van der Waals surface area contributed by atoms with Crippen LogP contribution in [0.4, 0.5) is 0 Å². The monoisotopic (exact) mass is 594 g/mol. The maximum Gasteiger partial charge on any atom is 0.223 e. The Morgan fingerprint density at radius 1 is 0.619 bits per heavy atom. The molecule has 0 saturated heterocycles. The highest BCUT2D eigenvalue weighted by atomic mass is 16.3. The summed E-state index contributed by atoms with van der Waals surface area (Å²) in [5, 5.41) is 33.0. The van der Waals surface area contributed by atoms with Crippen molar-refractivity contribution in [2.24, 2.45) is 0 Å². The van der Waals surface area contributed by atoms with Crippen LogP contribution in [0.1, 0.15) is 181 Å². The highest BCUT2D eigenvalue weighted by Crippen LogP contribution is 2.15. The van der Waals surface area contributed by atoms with Gasteiger partial charge in [-0.05, 0) is 25.7 Å². The summed E-state index contributed by atoms with van der Waals surface area (Å²) in [7, 11) is 0. The summed E-state index contributed by atoms with van der Waals surface area (Å²) in [6, 6.07) is -0.685. The molecule has 0 saturated carbocycles. The first-order chi connectivity index (χ1) is 20.5. The molecule has 3 atom stereocenters. The van der Waals surface area contributed by atoms with E-state index in [1.807, 2.05) is 6.08 Å². The molecular formula is C37H71NO4. The Bertz CT molecular complexity index is 621. The second-order valence-electron chi connectivity index (χ2n) is 12.5. The Balaban J connectivity index is 3.75. The Morgan fingerprint density at radius 3 is 1.55 bits per heavy atom. The van der Waals surface area contributed by atoms with Gasteiger partial charge in [0.15, 0.2) is 0 Å². The lowest BCUT2D eigenvalue weighted by atomic mass is 10.0. The van der Waals surface area contributed by atoms with Crippen molar-refractivity contribution in [3.05, 3.63) is 24.3 Å². The fourth-order valence-corrected chi connectivity index (χ4v) is 5.46. The second-order valence-corrected chi connectivity index (χ2v) is 12.5. The van der Waals surface area contributed by atoms with Gasteiger partial charge in [0.2, 0.25) is 5.91 Å². The second kappa shape index (κ2) is 32.7. The molecule has 0 radical (unpaired) electrons. The van der Waals surface area contributed by atoms with Crippen LogP contribution in [0.15, 0.2) is 24.3 Å². The van der Waals surface area contributed by atoms with E-state index in [1.54, 1.807) is 6.08 Å². The lowest BCUT2D eigenvalue weighted by molar-refractivity contribution is -0.124. The van der Waals surface area contributed by atoms with Gasteiger partial charge in [0.25, 0.3) is 0 Å². The largest absolute Gasteiger partial charge is 0.394 e. The third-order valence-electron chi connectivity index (χ3n) is 8.28. The lowest BCUT2D eigenvalue weighted by Gasteiger charge is -2.22. The van der Waals surface area contributed by atoms with Crippen LogP contribution in [0.2, 0.25) is 0 Å². The minimum Gasteiger partial charge on any atom is -0.394 e. The van der Waals surface area contributed by atoms with E-state index >= 15 is 0 Å². The maximum absolute atomic E-state index is 12.3. The molecule has 0 fully saturated rings. The first-order valence-corrected chi connectivity index (χ1v) is 18.1. The summed E-state index contributed by atoms with van der Waals surface area (Å²) < 4.78 is 0. The maximum atomic E-state index is 12.3. The average Bonchev–Trinajstić information content (AvgIpc) is 2.98. The molecule has 0 aliphatic rings. The van der Waals surface area contributed by atoms with Crippen LogP contribution in [-0.2, 0) is 4.79 Å². The van der Waals surface area contributed by atoms with Gasteiger partial charge in [0.1, 0.15) is 0 Å². The molecule has 0 heterocycles. The molecule has 248 valence electrons. The predicted molar refractivity (Wildman–Crippen MR) is 181 cm³/mol. The SMILES string of the molecule is CCCCCCCC/C=C\C/C=C\C(O)CC(=O)NC(CO)C(O)CCCCCCCCCCCCCCCCCC. The molecule has 5 heteroatoms. The Hall–Kier alpha value is -1.17. The lowest BCUT2D eigenvalue weighted by Crippen LogP contribution is -2.46. The van der Waals surface area contributed by atoms with Gasteiger partial charge in [0, 0.05) is 0 Å². The summed E-state index contributed by atoms with van der Waals surface area (Å²) in [5.74, 6) is -0.351. The zero-order valence-electron chi connectivity index (χ0n) is 27.9. The number of nitrogens with one attached hydrogen (secondary N) is 1. The Labute approximate surface area is 261 Å². The van der Waals surface area contributed by atoms with Gasteiger partial charge in [-0.1, -0.05) is 173 Å². The molecule has 0 aromatic carbocycles. The average molecular weight is 594 g/mol. The zero-order chi connectivity index (χ0) is 30.9. The molecule has 0 aliphatic carbocycles. The molecule has 5 nitrogen and oxygen atoms in total. The molecule has 0 aromatic heterocycles. The molecule has 1 amide bonds. The van der Waals surface area contributed by atoms with E-state index in [9.17, 15) is 20.1 Å². The van der Waals surface area contributed by atoms with Crippen LogP contribution in [0.3, 0.4) is 0 Å². The number of amides is 1. The predicted octanol–water partition coefficient (Wildman–Crippen LogP) is 9.48. The minimum atomic E-state index is -0.867. The van der Waals surface area contributed by atoms with Gasteiger partial charge in [-0.2, -0.15) is 0 Å². The summed E-state index contributed by atoms with van der Waals surface area (Å²) in [4.78, 5) is 12.3. The van der Waals surface area contributed by atoms with E-state index in [0.29, 0.717) is 6.42 Å². The van der Waals surface area contributed by atoms with Crippen LogP contribution in [0.25, 0.3) is 0 Å². The molecule has 0 bridgehead atoms. The summed E-state index contributed by atoms with van der Waals surface area (Å²) in [5.41, 5.74) is 0. The highest BCUT2D eigenvalue weighted by molar-refractivity contribution is 5.77. The van der Waals surface area contributed by atoms with E-state index in [-0.39, 0.29) is 18.9 Å². The summed E-state index contributed by atoms with van der Waals surface area (Å²) in [6.07, 6.45) is 37.2. The van der Waals surface area contributed by atoms with E-state index in [4.69, 9.17) is 0 Å². The molecule has 0 rings (SSSR count). The Morgan fingerprint density at radius 2 is 1.07 bits per heavy atom. The minimum absolute atomic E-state index is 0.0692. The van der Waals surface area contributed by atoms with Gasteiger partial charge >= 0.3 is 0 Å². The quantitative estimate of drug-likeness (QED) is 0.0462. The third-order valence-corrected chi connectivity index (χ3v) is 8.28. The van der Waals surface area contributed by atoms with Crippen LogP contribution < -0.4 is 5.32 Å². The number of carbonyl (C=O) groups excluding carboxylic acids is 1. The normalized spacial score (nSPS) is 14.1. The van der Waals surface area contributed by atoms with Crippen molar-refractivity contribution in [3.8, 4) is 0 Å². The van der Waals surface area contributed by atoms with Crippen LogP contribution in [0.5, 0.6) is 0 Å². The van der Waals surface area contributed by atoms with Crippen molar-refractivity contribution < 1.29 is 20.1 Å². The standard InChI is InChI=1S/C37H71NO4/c1-3-5-7-9-11-13-15-16-17-18-19-21-23-25-27-29-31-36(41)35(33-39)38-37(42)32-34(40)30-28-26-24-22-20-14-12-10-8-6-4-2/h22,24,28,30,34-36,39-41H,3-21,23,25-27,29,31-33H2,1-2H3,(H,38,42)/b24-22-,30-28-. The fourth-order valence-electron chi connectivity index (χ4n) is 5.46. The van der Waals surface area contributed by atoms with E-state index in [2.05, 4.69) is 31.3 Å². The number of aliphatic hydroxyl groups excluding tert-OH is 3. The zero-order valence-corrected chi connectivity index (χ0v) is 27.9. The van der Waals surface area contributed by atoms with Gasteiger partial charge in [-0.25, -0.2) is 0 Å². The molecule has 0 aliphatic heterocycles. The smallest absolute Gasteiger partial charge is 0.223 e. The van der Waals surface area contributed by atoms with Crippen molar-refractivity contribution in [1.29, 1.82) is 0 Å². The van der Waals surface area contributed by atoms with Crippen molar-refractivity contribution in [3.63, 3.8) is 0 Å². The topological polar surface area (TPSA) is 89.8 Å². The highest BCUT2D eigenvalue weighted by Gasteiger charge is 2.21. The van der Waals surface area contributed by atoms with Gasteiger partial charge in [-0.15, -0.1) is 0 Å². The van der Waals surface area contributed by atoms with Gasteiger partial charge in [0.05, 0.1) is 31.3 Å². The van der Waals surface area contributed by atoms with Crippen molar-refractivity contribution in [1.82, 2.24) is 5.32 Å². The number of unbranched alkanes of at least 4 members (excludes halogenated alkanes) is 21. The van der Waals surface area contributed by atoms with Crippen molar-refractivity contribution in [2.75, 3.05) is 6.61 Å². The van der Waals surface area contributed by atoms with Crippen molar-refractivity contribution in [2.45, 2.75) is 199 Å². The number of aliphatic hydroxyl groups is 3. The summed E-state index contributed by atoms with van der Waals surface area (Å²) in [6.45, 7) is 4.20. The molecule has 4 N–H and O–H groups in total. The molecule has 0 aromatic rings.